The van der Waals surface area contributed by atoms with Crippen LogP contribution in [0.25, 0.3) is 0 Å². The number of aryl methyl sites for hydroxylation is 3. The van der Waals surface area contributed by atoms with Crippen LogP contribution in [-0.4, -0.2) is 17.1 Å². The van der Waals surface area contributed by atoms with Gasteiger partial charge in [0.2, 0.25) is 0 Å². The number of carbonyl (C=O) groups is 1. The van der Waals surface area contributed by atoms with Gasteiger partial charge in [-0.2, -0.15) is 0 Å². The summed E-state index contributed by atoms with van der Waals surface area (Å²) in [5.74, 6) is 0.491. The molecule has 4 heteroatoms. The molecule has 0 saturated carbocycles. The molecule has 0 spiro atoms. The highest BCUT2D eigenvalue weighted by molar-refractivity contribution is 5.96. The van der Waals surface area contributed by atoms with Gasteiger partial charge >= 0.3 is 0 Å². The first-order valence-electron chi connectivity index (χ1n) is 7.41. The predicted molar refractivity (Wildman–Crippen MR) is 82.3 cm³/mol. The number of nitrogens with zero attached hydrogens (tertiary/aromatic N) is 1. The zero-order chi connectivity index (χ0) is 15.2. The number of benzene rings is 1. The molecular weight excluding hydrogens is 264 g/mol. The number of nitrogens with one attached hydrogen (secondary N) is 1. The Kier molecular flexibility index (Phi) is 5.14. The van der Waals surface area contributed by atoms with E-state index in [0.717, 1.165) is 18.5 Å². The maximum atomic E-state index is 12.3. The Bertz CT molecular complexity index is 590. The van der Waals surface area contributed by atoms with E-state index in [9.17, 15) is 4.79 Å². The molecule has 1 aromatic carbocycles. The Hall–Kier alpha value is -2.10. The van der Waals surface area contributed by atoms with Gasteiger partial charge in [-0.1, -0.05) is 42.4 Å². The van der Waals surface area contributed by atoms with E-state index in [-0.39, 0.29) is 11.9 Å². The minimum absolute atomic E-state index is 0.0915. The molecule has 0 bridgehead atoms. The molecule has 0 fully saturated rings. The average molecular weight is 286 g/mol. The minimum atomic E-state index is -0.0915. The summed E-state index contributed by atoms with van der Waals surface area (Å²) in [7, 11) is 0. The Morgan fingerprint density at radius 3 is 2.71 bits per heavy atom. The predicted octanol–water partition coefficient (Wildman–Crippen LogP) is 3.30. The normalized spacial score (nSPS) is 12.1. The van der Waals surface area contributed by atoms with Crippen molar-refractivity contribution in [3.8, 4) is 0 Å². The summed E-state index contributed by atoms with van der Waals surface area (Å²) in [6.07, 6.45) is 2.55. The highest BCUT2D eigenvalue weighted by Crippen LogP contribution is 2.14. The van der Waals surface area contributed by atoms with Gasteiger partial charge in [-0.05, 0) is 38.7 Å². The van der Waals surface area contributed by atoms with Gasteiger partial charge in [0.25, 0.3) is 5.91 Å². The molecule has 0 radical (unpaired) electrons. The number of hydrogen-bond acceptors (Lipinski definition) is 3. The molecule has 21 heavy (non-hydrogen) atoms. The van der Waals surface area contributed by atoms with Crippen molar-refractivity contribution >= 4 is 5.91 Å². The highest BCUT2D eigenvalue weighted by Gasteiger charge is 2.20. The molecule has 0 aliphatic rings. The van der Waals surface area contributed by atoms with Gasteiger partial charge in [0, 0.05) is 6.04 Å². The molecule has 112 valence electrons. The molecule has 0 aliphatic carbocycles. The SMILES string of the molecule is CCc1noc(C)c1C(=O)N[C@H](C)CCc1ccccc1. The lowest BCUT2D eigenvalue weighted by atomic mass is 10.1. The molecule has 2 rings (SSSR count). The molecule has 1 atom stereocenters. The van der Waals surface area contributed by atoms with Gasteiger partial charge in [-0.3, -0.25) is 4.79 Å². The molecular formula is C17H22N2O2. The number of aromatic nitrogens is 1. The van der Waals surface area contributed by atoms with Crippen molar-refractivity contribution in [2.45, 2.75) is 46.1 Å². The quantitative estimate of drug-likeness (QED) is 0.886. The lowest BCUT2D eigenvalue weighted by molar-refractivity contribution is 0.0936. The minimum Gasteiger partial charge on any atom is -0.361 e. The van der Waals surface area contributed by atoms with E-state index in [1.807, 2.05) is 32.0 Å². The van der Waals surface area contributed by atoms with E-state index in [0.29, 0.717) is 17.7 Å². The van der Waals surface area contributed by atoms with Crippen LogP contribution >= 0.6 is 0 Å². The fraction of sp³-hybridized carbons (Fsp3) is 0.412. The van der Waals surface area contributed by atoms with Crippen LogP contribution in [0.2, 0.25) is 0 Å². The van der Waals surface area contributed by atoms with Crippen molar-refractivity contribution in [2.24, 2.45) is 0 Å². The zero-order valence-electron chi connectivity index (χ0n) is 12.8. The summed E-state index contributed by atoms with van der Waals surface area (Å²) in [6.45, 7) is 5.76. The molecule has 1 aromatic heterocycles. The summed E-state index contributed by atoms with van der Waals surface area (Å²) in [5.41, 5.74) is 2.60. The fourth-order valence-corrected chi connectivity index (χ4v) is 2.35. The molecule has 1 heterocycles. The second-order valence-electron chi connectivity index (χ2n) is 5.31. The van der Waals surface area contributed by atoms with Crippen LogP contribution in [0.5, 0.6) is 0 Å². The third-order valence-electron chi connectivity index (χ3n) is 3.58. The molecule has 1 N–H and O–H groups in total. The Morgan fingerprint density at radius 1 is 1.33 bits per heavy atom. The third-order valence-corrected chi connectivity index (χ3v) is 3.58. The summed E-state index contributed by atoms with van der Waals surface area (Å²) >= 11 is 0. The summed E-state index contributed by atoms with van der Waals surface area (Å²) in [6, 6.07) is 10.4. The van der Waals surface area contributed by atoms with Crippen LogP contribution < -0.4 is 5.32 Å². The van der Waals surface area contributed by atoms with E-state index in [4.69, 9.17) is 4.52 Å². The van der Waals surface area contributed by atoms with Crippen molar-refractivity contribution in [1.29, 1.82) is 0 Å². The topological polar surface area (TPSA) is 55.1 Å². The van der Waals surface area contributed by atoms with E-state index >= 15 is 0 Å². The largest absolute Gasteiger partial charge is 0.361 e. The van der Waals surface area contributed by atoms with Crippen molar-refractivity contribution in [3.05, 3.63) is 52.9 Å². The van der Waals surface area contributed by atoms with Crippen LogP contribution in [0.4, 0.5) is 0 Å². The van der Waals surface area contributed by atoms with Crippen molar-refractivity contribution in [3.63, 3.8) is 0 Å². The molecule has 0 aliphatic heterocycles. The van der Waals surface area contributed by atoms with Crippen LogP contribution in [-0.2, 0) is 12.8 Å². The molecule has 1 amide bonds. The Labute approximate surface area is 125 Å². The summed E-state index contributed by atoms with van der Waals surface area (Å²) < 4.78 is 5.11. The average Bonchev–Trinajstić information content (AvgIpc) is 2.87. The first-order chi connectivity index (χ1) is 10.1. The molecule has 0 saturated heterocycles. The van der Waals surface area contributed by atoms with Crippen LogP contribution in [0.3, 0.4) is 0 Å². The van der Waals surface area contributed by atoms with Crippen molar-refractivity contribution in [2.75, 3.05) is 0 Å². The van der Waals surface area contributed by atoms with E-state index in [2.05, 4.69) is 22.6 Å². The van der Waals surface area contributed by atoms with Gasteiger partial charge in [0.1, 0.15) is 11.3 Å². The summed E-state index contributed by atoms with van der Waals surface area (Å²) in [5, 5.41) is 6.95. The fourth-order valence-electron chi connectivity index (χ4n) is 2.35. The van der Waals surface area contributed by atoms with Crippen molar-refractivity contribution in [1.82, 2.24) is 10.5 Å². The standard InChI is InChI=1S/C17H22N2O2/c1-4-15-16(13(3)21-19-15)17(20)18-12(2)10-11-14-8-6-5-7-9-14/h5-9,12H,4,10-11H2,1-3H3,(H,18,20)/t12-/m1/s1. The second-order valence-corrected chi connectivity index (χ2v) is 5.31. The first kappa shape index (κ1) is 15.3. The highest BCUT2D eigenvalue weighted by atomic mass is 16.5. The van der Waals surface area contributed by atoms with Crippen LogP contribution in [0, 0.1) is 6.92 Å². The smallest absolute Gasteiger partial charge is 0.257 e. The summed E-state index contributed by atoms with van der Waals surface area (Å²) in [4.78, 5) is 12.3. The monoisotopic (exact) mass is 286 g/mol. The van der Waals surface area contributed by atoms with Gasteiger partial charge in [-0.25, -0.2) is 0 Å². The maximum Gasteiger partial charge on any atom is 0.257 e. The molecule has 4 nitrogen and oxygen atoms in total. The number of rotatable bonds is 6. The van der Waals surface area contributed by atoms with Gasteiger partial charge in [0.15, 0.2) is 0 Å². The first-order valence-corrected chi connectivity index (χ1v) is 7.41. The lowest BCUT2D eigenvalue weighted by Gasteiger charge is -2.14. The van der Waals surface area contributed by atoms with E-state index in [1.54, 1.807) is 6.92 Å². The number of carbonyl (C=O) groups excluding carboxylic acids is 1. The Morgan fingerprint density at radius 2 is 2.05 bits per heavy atom. The zero-order valence-corrected chi connectivity index (χ0v) is 12.8. The van der Waals surface area contributed by atoms with Crippen LogP contribution in [0.15, 0.2) is 34.9 Å². The second kappa shape index (κ2) is 7.07. The number of hydrogen-bond donors (Lipinski definition) is 1. The lowest BCUT2D eigenvalue weighted by Crippen LogP contribution is -2.33. The van der Waals surface area contributed by atoms with Crippen molar-refractivity contribution < 1.29 is 9.32 Å². The van der Waals surface area contributed by atoms with Crippen LogP contribution in [0.1, 0.15) is 47.6 Å². The molecule has 2 aromatic rings. The van der Waals surface area contributed by atoms with Gasteiger partial charge in [-0.15, -0.1) is 0 Å². The maximum absolute atomic E-state index is 12.3. The van der Waals surface area contributed by atoms with Gasteiger partial charge in [0.05, 0.1) is 5.69 Å². The van der Waals surface area contributed by atoms with Gasteiger partial charge < -0.3 is 9.84 Å². The molecule has 0 unspecified atom stereocenters. The van der Waals surface area contributed by atoms with E-state index in [1.165, 1.54) is 5.56 Å². The third kappa shape index (κ3) is 3.94. The Balaban J connectivity index is 1.91. The van der Waals surface area contributed by atoms with E-state index < -0.39 is 0 Å². The number of amides is 1.